The molecule has 2 aromatic carbocycles. The molecule has 0 spiro atoms. The molecule has 0 saturated heterocycles. The molecule has 0 bridgehead atoms. The van der Waals surface area contributed by atoms with E-state index >= 15 is 0 Å². The van der Waals surface area contributed by atoms with Gasteiger partial charge < -0.3 is 5.32 Å². The zero-order valence-corrected chi connectivity index (χ0v) is 13.2. The maximum atomic E-state index is 13.0. The van der Waals surface area contributed by atoms with Gasteiger partial charge in [-0.05, 0) is 51.8 Å². The summed E-state index contributed by atoms with van der Waals surface area (Å²) in [6, 6.07) is 8.93. The van der Waals surface area contributed by atoms with Gasteiger partial charge in [0.2, 0.25) is 0 Å². The standard InChI is InChI=1S/C14H9BrCl2FNO/c15-12-6-10(18)3-4-11(12)14(20)19-7-8-1-2-9(16)5-13(8)17/h1-6H,7H2,(H,19,20). The number of hydrogen-bond donors (Lipinski definition) is 1. The molecule has 1 N–H and O–H groups in total. The van der Waals surface area contributed by atoms with Crippen LogP contribution in [0.3, 0.4) is 0 Å². The van der Waals surface area contributed by atoms with Crippen LogP contribution in [0.15, 0.2) is 40.9 Å². The smallest absolute Gasteiger partial charge is 0.252 e. The van der Waals surface area contributed by atoms with Crippen LogP contribution in [0.25, 0.3) is 0 Å². The van der Waals surface area contributed by atoms with Crippen LogP contribution in [0.1, 0.15) is 15.9 Å². The van der Waals surface area contributed by atoms with Crippen molar-refractivity contribution in [2.45, 2.75) is 6.54 Å². The highest BCUT2D eigenvalue weighted by Gasteiger charge is 2.11. The van der Waals surface area contributed by atoms with Crippen molar-refractivity contribution in [2.24, 2.45) is 0 Å². The van der Waals surface area contributed by atoms with Crippen molar-refractivity contribution >= 4 is 45.0 Å². The molecule has 0 aliphatic rings. The predicted molar refractivity (Wildman–Crippen MR) is 81.7 cm³/mol. The van der Waals surface area contributed by atoms with Crippen LogP contribution < -0.4 is 5.32 Å². The minimum atomic E-state index is -0.408. The third-order valence-corrected chi connectivity index (χ3v) is 3.87. The highest BCUT2D eigenvalue weighted by atomic mass is 79.9. The van der Waals surface area contributed by atoms with Crippen molar-refractivity contribution in [1.82, 2.24) is 5.32 Å². The van der Waals surface area contributed by atoms with Gasteiger partial charge in [0.05, 0.1) is 5.56 Å². The molecule has 0 radical (unpaired) electrons. The van der Waals surface area contributed by atoms with Crippen LogP contribution in [0.4, 0.5) is 4.39 Å². The first-order chi connectivity index (χ1) is 9.47. The minimum absolute atomic E-state index is 0.263. The van der Waals surface area contributed by atoms with Crippen LogP contribution >= 0.6 is 39.1 Å². The van der Waals surface area contributed by atoms with E-state index in [2.05, 4.69) is 21.2 Å². The van der Waals surface area contributed by atoms with Gasteiger partial charge >= 0.3 is 0 Å². The second kappa shape index (κ2) is 6.57. The minimum Gasteiger partial charge on any atom is -0.348 e. The summed E-state index contributed by atoms with van der Waals surface area (Å²) in [4.78, 5) is 12.0. The number of nitrogens with one attached hydrogen (secondary N) is 1. The molecule has 0 unspecified atom stereocenters. The summed E-state index contributed by atoms with van der Waals surface area (Å²) in [6.45, 7) is 0.263. The van der Waals surface area contributed by atoms with E-state index < -0.39 is 5.82 Å². The summed E-state index contributed by atoms with van der Waals surface area (Å²) in [6.07, 6.45) is 0. The van der Waals surface area contributed by atoms with E-state index in [1.165, 1.54) is 18.2 Å². The van der Waals surface area contributed by atoms with Gasteiger partial charge in [-0.1, -0.05) is 29.3 Å². The first kappa shape index (κ1) is 15.3. The maximum absolute atomic E-state index is 13.0. The van der Waals surface area contributed by atoms with Gasteiger partial charge in [0.1, 0.15) is 5.82 Å². The van der Waals surface area contributed by atoms with Gasteiger partial charge in [-0.3, -0.25) is 4.79 Å². The Labute approximate surface area is 134 Å². The van der Waals surface area contributed by atoms with Crippen LogP contribution in [-0.4, -0.2) is 5.91 Å². The maximum Gasteiger partial charge on any atom is 0.252 e. The molecule has 6 heteroatoms. The second-order valence-electron chi connectivity index (χ2n) is 4.04. The molecule has 0 aliphatic heterocycles. The lowest BCUT2D eigenvalue weighted by Crippen LogP contribution is -2.23. The van der Waals surface area contributed by atoms with Crippen LogP contribution in [0.2, 0.25) is 10.0 Å². The lowest BCUT2D eigenvalue weighted by Gasteiger charge is -2.08. The highest BCUT2D eigenvalue weighted by molar-refractivity contribution is 9.10. The van der Waals surface area contributed by atoms with Gasteiger partial charge in [-0.25, -0.2) is 4.39 Å². The Morgan fingerprint density at radius 2 is 1.95 bits per heavy atom. The molecule has 0 atom stereocenters. The first-order valence-electron chi connectivity index (χ1n) is 5.64. The number of carbonyl (C=O) groups is 1. The largest absolute Gasteiger partial charge is 0.348 e. The zero-order valence-electron chi connectivity index (χ0n) is 10.1. The molecule has 1 amide bonds. The average molecular weight is 377 g/mol. The number of carbonyl (C=O) groups excluding carboxylic acids is 1. The highest BCUT2D eigenvalue weighted by Crippen LogP contribution is 2.21. The fourth-order valence-corrected chi connectivity index (χ4v) is 2.62. The second-order valence-corrected chi connectivity index (χ2v) is 5.74. The Morgan fingerprint density at radius 3 is 2.60 bits per heavy atom. The quantitative estimate of drug-likeness (QED) is 0.816. The van der Waals surface area contributed by atoms with E-state index in [1.807, 2.05) is 0 Å². The van der Waals surface area contributed by atoms with Crippen molar-refractivity contribution in [3.05, 3.63) is 67.9 Å². The van der Waals surface area contributed by atoms with Gasteiger partial charge in [-0.15, -0.1) is 0 Å². The van der Waals surface area contributed by atoms with Gasteiger partial charge in [0.15, 0.2) is 0 Å². The molecule has 2 aromatic rings. The van der Waals surface area contributed by atoms with Crippen LogP contribution in [0.5, 0.6) is 0 Å². The molecule has 0 saturated carbocycles. The number of rotatable bonds is 3. The predicted octanol–water partition coefficient (Wildman–Crippen LogP) is 4.83. The van der Waals surface area contributed by atoms with Crippen molar-refractivity contribution in [3.63, 3.8) is 0 Å². The average Bonchev–Trinajstić information content (AvgIpc) is 2.37. The van der Waals surface area contributed by atoms with E-state index in [4.69, 9.17) is 23.2 Å². The van der Waals surface area contributed by atoms with Crippen molar-refractivity contribution in [1.29, 1.82) is 0 Å². The molecule has 104 valence electrons. The Kier molecular flexibility index (Phi) is 5.02. The summed E-state index contributed by atoms with van der Waals surface area (Å²) in [5.74, 6) is -0.725. The molecule has 2 rings (SSSR count). The van der Waals surface area contributed by atoms with Crippen molar-refractivity contribution < 1.29 is 9.18 Å². The third-order valence-electron chi connectivity index (χ3n) is 2.63. The Hall–Kier alpha value is -1.10. The summed E-state index contributed by atoms with van der Waals surface area (Å²) < 4.78 is 13.4. The molecule has 0 fully saturated rings. The fraction of sp³-hybridized carbons (Fsp3) is 0.0714. The summed E-state index contributed by atoms with van der Waals surface area (Å²) in [5, 5.41) is 3.73. The topological polar surface area (TPSA) is 29.1 Å². The number of amides is 1. The van der Waals surface area contributed by atoms with Crippen molar-refractivity contribution in [2.75, 3.05) is 0 Å². The van der Waals surface area contributed by atoms with Crippen LogP contribution in [0, 0.1) is 5.82 Å². The molecule has 0 aliphatic carbocycles. The molecule has 0 heterocycles. The zero-order chi connectivity index (χ0) is 14.7. The lowest BCUT2D eigenvalue weighted by molar-refractivity contribution is 0.0950. The number of benzene rings is 2. The third kappa shape index (κ3) is 3.72. The van der Waals surface area contributed by atoms with Gasteiger partial charge in [0, 0.05) is 21.1 Å². The van der Waals surface area contributed by atoms with E-state index in [1.54, 1.807) is 18.2 Å². The molecule has 20 heavy (non-hydrogen) atoms. The fourth-order valence-electron chi connectivity index (χ4n) is 1.61. The van der Waals surface area contributed by atoms with Crippen LogP contribution in [-0.2, 0) is 6.54 Å². The van der Waals surface area contributed by atoms with E-state index in [9.17, 15) is 9.18 Å². The molecular formula is C14H9BrCl2FNO. The van der Waals surface area contributed by atoms with Gasteiger partial charge in [-0.2, -0.15) is 0 Å². The Bertz CT molecular complexity index is 664. The first-order valence-corrected chi connectivity index (χ1v) is 7.19. The lowest BCUT2D eigenvalue weighted by atomic mass is 10.2. The van der Waals surface area contributed by atoms with E-state index in [0.717, 1.165) is 5.56 Å². The number of halogens is 4. The van der Waals surface area contributed by atoms with E-state index in [-0.39, 0.29) is 12.5 Å². The molecular weight excluding hydrogens is 368 g/mol. The molecule has 0 aromatic heterocycles. The summed E-state index contributed by atoms with van der Waals surface area (Å²) >= 11 is 15.0. The Balaban J connectivity index is 2.08. The van der Waals surface area contributed by atoms with E-state index in [0.29, 0.717) is 20.1 Å². The molecule has 2 nitrogen and oxygen atoms in total. The number of hydrogen-bond acceptors (Lipinski definition) is 1. The Morgan fingerprint density at radius 1 is 1.20 bits per heavy atom. The SMILES string of the molecule is O=C(NCc1ccc(Cl)cc1Cl)c1ccc(F)cc1Br. The van der Waals surface area contributed by atoms with Crippen molar-refractivity contribution in [3.8, 4) is 0 Å². The summed E-state index contributed by atoms with van der Waals surface area (Å²) in [7, 11) is 0. The monoisotopic (exact) mass is 375 g/mol. The normalized spacial score (nSPS) is 10.4. The van der Waals surface area contributed by atoms with Gasteiger partial charge in [0.25, 0.3) is 5.91 Å². The summed E-state index contributed by atoms with van der Waals surface area (Å²) in [5.41, 5.74) is 1.11.